The van der Waals surface area contributed by atoms with Crippen LogP contribution < -0.4 is 5.32 Å². The zero-order valence-electron chi connectivity index (χ0n) is 16.9. The van der Waals surface area contributed by atoms with Crippen molar-refractivity contribution in [3.8, 4) is 0 Å². The van der Waals surface area contributed by atoms with Crippen molar-refractivity contribution in [3.05, 3.63) is 70.3 Å². The molecule has 4 nitrogen and oxygen atoms in total. The number of rotatable bonds is 5. The Hall–Kier alpha value is -2.88. The van der Waals surface area contributed by atoms with E-state index in [1.54, 1.807) is 6.08 Å². The zero-order chi connectivity index (χ0) is 20.1. The normalized spacial score (nSPS) is 14.5. The fraction of sp³-hybridized carbons (Fsp3) is 0.333. The number of benzene rings is 2. The number of piperidine rings is 1. The van der Waals surface area contributed by atoms with Crippen LogP contribution >= 0.6 is 0 Å². The summed E-state index contributed by atoms with van der Waals surface area (Å²) in [5, 5.41) is 2.92. The second-order valence-electron chi connectivity index (χ2n) is 7.59. The average Bonchev–Trinajstić information content (AvgIpc) is 2.66. The molecule has 28 heavy (non-hydrogen) atoms. The van der Waals surface area contributed by atoms with E-state index in [0.29, 0.717) is 13.0 Å². The minimum Gasteiger partial charge on any atom is -0.338 e. The number of amides is 2. The van der Waals surface area contributed by atoms with E-state index < -0.39 is 0 Å². The second-order valence-corrected chi connectivity index (χ2v) is 7.59. The number of nitrogens with zero attached hydrogens (tertiary/aromatic N) is 1. The number of anilines is 1. The monoisotopic (exact) mass is 376 g/mol. The van der Waals surface area contributed by atoms with Crippen LogP contribution in [0.5, 0.6) is 0 Å². The molecular formula is C24H28N2O2. The van der Waals surface area contributed by atoms with Gasteiger partial charge in [-0.2, -0.15) is 0 Å². The van der Waals surface area contributed by atoms with E-state index in [0.717, 1.165) is 41.8 Å². The highest BCUT2D eigenvalue weighted by molar-refractivity contribution is 6.02. The first-order valence-corrected chi connectivity index (χ1v) is 9.86. The largest absolute Gasteiger partial charge is 0.338 e. The minimum absolute atomic E-state index is 0.163. The SMILES string of the molecule is Cc1cc(C)c(/C=C/C(=O)Nc2cccc(CN3CCCCC3=O)c2)cc1C. The molecule has 1 heterocycles. The van der Waals surface area contributed by atoms with E-state index >= 15 is 0 Å². The van der Waals surface area contributed by atoms with Gasteiger partial charge in [0.05, 0.1) is 0 Å². The molecule has 1 aliphatic rings. The maximum absolute atomic E-state index is 12.3. The number of likely N-dealkylation sites (tertiary alicyclic amines) is 1. The van der Waals surface area contributed by atoms with Crippen LogP contribution in [-0.2, 0) is 16.1 Å². The van der Waals surface area contributed by atoms with E-state index in [-0.39, 0.29) is 11.8 Å². The summed E-state index contributed by atoms with van der Waals surface area (Å²) in [5.74, 6) is 0.0520. The van der Waals surface area contributed by atoms with Crippen LogP contribution in [0.15, 0.2) is 42.5 Å². The van der Waals surface area contributed by atoms with Gasteiger partial charge in [-0.3, -0.25) is 9.59 Å². The number of nitrogens with one attached hydrogen (secondary N) is 1. The van der Waals surface area contributed by atoms with Gasteiger partial charge in [0.15, 0.2) is 0 Å². The highest BCUT2D eigenvalue weighted by atomic mass is 16.2. The Bertz CT molecular complexity index is 915. The Labute approximate surface area is 167 Å². The summed E-state index contributed by atoms with van der Waals surface area (Å²) in [6.07, 6.45) is 6.10. The molecule has 1 aliphatic heterocycles. The van der Waals surface area contributed by atoms with Gasteiger partial charge in [0, 0.05) is 31.3 Å². The van der Waals surface area contributed by atoms with Crippen LogP contribution in [0.4, 0.5) is 5.69 Å². The standard InChI is InChI=1S/C24H28N2O2/c1-17-13-19(3)21(14-18(17)2)10-11-23(27)25-22-8-6-7-20(15-22)16-26-12-5-4-9-24(26)28/h6-8,10-11,13-15H,4-5,9,12,16H2,1-3H3,(H,25,27)/b11-10+. The molecule has 0 radical (unpaired) electrons. The van der Waals surface area contributed by atoms with Gasteiger partial charge in [-0.1, -0.05) is 24.3 Å². The topological polar surface area (TPSA) is 49.4 Å². The molecule has 1 saturated heterocycles. The molecule has 0 spiro atoms. The van der Waals surface area contributed by atoms with Crippen LogP contribution in [0.3, 0.4) is 0 Å². The Morgan fingerprint density at radius 3 is 2.64 bits per heavy atom. The smallest absolute Gasteiger partial charge is 0.248 e. The second kappa shape index (κ2) is 8.87. The van der Waals surface area contributed by atoms with Crippen LogP contribution in [0.25, 0.3) is 6.08 Å². The minimum atomic E-state index is -0.163. The van der Waals surface area contributed by atoms with E-state index in [4.69, 9.17) is 0 Å². The molecule has 2 aromatic carbocycles. The van der Waals surface area contributed by atoms with Crippen molar-refractivity contribution < 1.29 is 9.59 Å². The highest BCUT2D eigenvalue weighted by Gasteiger charge is 2.18. The summed E-state index contributed by atoms with van der Waals surface area (Å²) in [6, 6.07) is 12.0. The van der Waals surface area contributed by atoms with E-state index in [1.165, 1.54) is 11.1 Å². The van der Waals surface area contributed by atoms with Gasteiger partial charge in [-0.05, 0) is 79.6 Å². The fourth-order valence-corrected chi connectivity index (χ4v) is 3.51. The maximum atomic E-state index is 12.3. The molecule has 0 aliphatic carbocycles. The molecule has 0 atom stereocenters. The van der Waals surface area contributed by atoms with Gasteiger partial charge in [0.2, 0.25) is 11.8 Å². The maximum Gasteiger partial charge on any atom is 0.248 e. The van der Waals surface area contributed by atoms with E-state index in [1.807, 2.05) is 35.2 Å². The lowest BCUT2D eigenvalue weighted by molar-refractivity contribution is -0.133. The summed E-state index contributed by atoms with van der Waals surface area (Å²) in [6.45, 7) is 7.63. The summed E-state index contributed by atoms with van der Waals surface area (Å²) < 4.78 is 0. The molecule has 0 saturated carbocycles. The van der Waals surface area contributed by atoms with Crippen LogP contribution in [0.1, 0.15) is 47.1 Å². The Morgan fingerprint density at radius 1 is 1.07 bits per heavy atom. The summed E-state index contributed by atoms with van der Waals surface area (Å²) in [4.78, 5) is 26.2. The molecule has 1 fully saturated rings. The Balaban J connectivity index is 1.64. The predicted molar refractivity (Wildman–Crippen MR) is 114 cm³/mol. The number of carbonyl (C=O) groups is 2. The van der Waals surface area contributed by atoms with Crippen molar-refractivity contribution in [1.29, 1.82) is 0 Å². The molecule has 2 aromatic rings. The van der Waals surface area contributed by atoms with Crippen LogP contribution in [0, 0.1) is 20.8 Å². The molecule has 1 N–H and O–H groups in total. The Morgan fingerprint density at radius 2 is 1.86 bits per heavy atom. The third-order valence-electron chi connectivity index (χ3n) is 5.29. The van der Waals surface area contributed by atoms with Gasteiger partial charge in [0.1, 0.15) is 0 Å². The predicted octanol–water partition coefficient (Wildman–Crippen LogP) is 4.78. The summed E-state index contributed by atoms with van der Waals surface area (Å²) in [7, 11) is 0. The van der Waals surface area contributed by atoms with Gasteiger partial charge >= 0.3 is 0 Å². The first-order valence-electron chi connectivity index (χ1n) is 9.86. The van der Waals surface area contributed by atoms with Gasteiger partial charge in [0.25, 0.3) is 0 Å². The van der Waals surface area contributed by atoms with Crippen LogP contribution in [0.2, 0.25) is 0 Å². The lowest BCUT2D eigenvalue weighted by Gasteiger charge is -2.26. The lowest BCUT2D eigenvalue weighted by Crippen LogP contribution is -2.34. The summed E-state index contributed by atoms with van der Waals surface area (Å²) in [5.41, 5.74) is 6.44. The Kier molecular flexibility index (Phi) is 6.30. The van der Waals surface area contributed by atoms with Crippen molar-refractivity contribution in [3.63, 3.8) is 0 Å². The van der Waals surface area contributed by atoms with Crippen molar-refractivity contribution >= 4 is 23.6 Å². The molecule has 146 valence electrons. The van der Waals surface area contributed by atoms with E-state index in [9.17, 15) is 9.59 Å². The van der Waals surface area contributed by atoms with Crippen molar-refractivity contribution in [2.45, 2.75) is 46.6 Å². The molecule has 0 unspecified atom stereocenters. The molecule has 3 rings (SSSR count). The molecule has 0 aromatic heterocycles. The van der Waals surface area contributed by atoms with Gasteiger partial charge < -0.3 is 10.2 Å². The summed E-state index contributed by atoms with van der Waals surface area (Å²) >= 11 is 0. The fourth-order valence-electron chi connectivity index (χ4n) is 3.51. The zero-order valence-corrected chi connectivity index (χ0v) is 16.9. The van der Waals surface area contributed by atoms with E-state index in [2.05, 4.69) is 38.2 Å². The first-order chi connectivity index (χ1) is 13.4. The molecule has 0 bridgehead atoms. The van der Waals surface area contributed by atoms with Gasteiger partial charge in [-0.15, -0.1) is 0 Å². The lowest BCUT2D eigenvalue weighted by atomic mass is 10.0. The quantitative estimate of drug-likeness (QED) is 0.764. The first kappa shape index (κ1) is 19.9. The average molecular weight is 377 g/mol. The number of aryl methyl sites for hydroxylation is 3. The number of hydrogen-bond donors (Lipinski definition) is 1. The van der Waals surface area contributed by atoms with Crippen molar-refractivity contribution in [1.82, 2.24) is 4.90 Å². The molecule has 2 amide bonds. The third kappa shape index (κ3) is 5.10. The molecular weight excluding hydrogens is 348 g/mol. The van der Waals surface area contributed by atoms with Gasteiger partial charge in [-0.25, -0.2) is 0 Å². The number of carbonyl (C=O) groups excluding carboxylic acids is 2. The number of hydrogen-bond acceptors (Lipinski definition) is 2. The molecule has 4 heteroatoms. The third-order valence-corrected chi connectivity index (χ3v) is 5.29. The van der Waals surface area contributed by atoms with Crippen molar-refractivity contribution in [2.24, 2.45) is 0 Å². The highest BCUT2D eigenvalue weighted by Crippen LogP contribution is 2.18. The van der Waals surface area contributed by atoms with Crippen LogP contribution in [-0.4, -0.2) is 23.3 Å². The van der Waals surface area contributed by atoms with Crippen molar-refractivity contribution in [2.75, 3.05) is 11.9 Å².